The molecule has 0 aliphatic carbocycles. The monoisotopic (exact) mass is 253 g/mol. The first-order valence-electron chi connectivity index (χ1n) is 5.82. The molecule has 0 aromatic rings. The molecule has 2 heterocycles. The third-order valence-corrected chi connectivity index (χ3v) is 3.50. The van der Waals surface area contributed by atoms with Crippen LogP contribution in [-0.2, 0) is 0 Å². The van der Waals surface area contributed by atoms with Gasteiger partial charge in [0.1, 0.15) is 0 Å². The minimum absolute atomic E-state index is 0.999. The van der Waals surface area contributed by atoms with Gasteiger partial charge in [-0.15, -0.1) is 10.2 Å². The smallest absolute Gasteiger partial charge is 0.0874 e. The second kappa shape index (κ2) is 6.14. The van der Waals surface area contributed by atoms with Gasteiger partial charge in [-0.25, -0.2) is 18.6 Å². The van der Waals surface area contributed by atoms with Gasteiger partial charge in [0.05, 0.1) is 19.1 Å². The van der Waals surface area contributed by atoms with Crippen LogP contribution in [0.3, 0.4) is 0 Å². The number of hydrogen-bond acceptors (Lipinski definition) is 4. The topological polar surface area (TPSA) is 96.7 Å². The maximum Gasteiger partial charge on any atom is 0.0874 e. The minimum Gasteiger partial charge on any atom is -0.332 e. The van der Waals surface area contributed by atoms with Crippen molar-refractivity contribution in [1.29, 1.82) is 0 Å². The normalized spacial score (nSPS) is 34.7. The van der Waals surface area contributed by atoms with Crippen LogP contribution in [0.1, 0.15) is 39.0 Å². The molecule has 3 atom stereocenters. The van der Waals surface area contributed by atoms with Gasteiger partial charge in [0.2, 0.25) is 0 Å². The van der Waals surface area contributed by atoms with Gasteiger partial charge in [-0.1, -0.05) is 6.92 Å². The number of quaternary nitrogens is 1. The summed E-state index contributed by atoms with van der Waals surface area (Å²) in [6.07, 6.45) is 7.51. The zero-order chi connectivity index (χ0) is 12.2. The van der Waals surface area contributed by atoms with E-state index in [-0.39, 0.29) is 0 Å². The molecule has 0 aromatic carbocycles. The third kappa shape index (κ3) is 5.98. The summed E-state index contributed by atoms with van der Waals surface area (Å²) >= 11 is 0. The van der Waals surface area contributed by atoms with E-state index in [0.717, 1.165) is 12.0 Å². The van der Waals surface area contributed by atoms with Gasteiger partial charge in [-0.05, 0) is 32.1 Å². The summed E-state index contributed by atoms with van der Waals surface area (Å²) in [4.78, 5) is 1.93. The summed E-state index contributed by atoms with van der Waals surface area (Å²) in [5.74, 6) is 0.999. The second-order valence-electron chi connectivity index (χ2n) is 4.87. The van der Waals surface area contributed by atoms with Crippen LogP contribution < -0.4 is 23.5 Å². The average molecular weight is 254 g/mol. The number of nitrogens with one attached hydrogen (secondary N) is 1. The molecule has 0 spiro atoms. The van der Waals surface area contributed by atoms with Crippen LogP contribution in [0.2, 0.25) is 0 Å². The van der Waals surface area contributed by atoms with Gasteiger partial charge in [0.15, 0.2) is 0 Å². The van der Waals surface area contributed by atoms with E-state index in [2.05, 4.69) is 6.92 Å². The molecule has 0 aromatic heterocycles. The zero-order valence-corrected chi connectivity index (χ0v) is 10.4. The number of fused-ring (bicyclic) bond motifs is 1. The van der Waals surface area contributed by atoms with Crippen molar-refractivity contribution in [3.63, 3.8) is 0 Å². The Kier molecular flexibility index (Phi) is 5.43. The Bertz CT molecular complexity index is 203. The maximum absolute atomic E-state index is 8.49. The predicted octanol–water partition coefficient (Wildman–Crippen LogP) is -3.90. The molecule has 2 aliphatic heterocycles. The van der Waals surface area contributed by atoms with Crippen LogP contribution in [0.15, 0.2) is 0 Å². The average Bonchev–Trinajstić information content (AvgIpc) is 2.15. The highest BCUT2D eigenvalue weighted by Crippen LogP contribution is 2.16. The molecule has 2 rings (SSSR count). The van der Waals surface area contributed by atoms with E-state index in [1.807, 2.05) is 4.90 Å². The largest absolute Gasteiger partial charge is 0.332 e. The van der Waals surface area contributed by atoms with Crippen LogP contribution in [0.5, 0.6) is 0 Å². The Morgan fingerprint density at radius 3 is 2.25 bits per heavy atom. The van der Waals surface area contributed by atoms with Crippen molar-refractivity contribution in [2.45, 2.75) is 45.1 Å². The highest BCUT2D eigenvalue weighted by atomic mass is 35.7. The summed E-state index contributed by atoms with van der Waals surface area (Å²) < 4.78 is 34.0. The maximum atomic E-state index is 8.49. The van der Waals surface area contributed by atoms with Crippen molar-refractivity contribution in [1.82, 2.24) is 0 Å². The minimum atomic E-state index is -4.94. The molecule has 16 heavy (non-hydrogen) atoms. The fraction of sp³-hybridized carbons (Fsp3) is 1.00. The van der Waals surface area contributed by atoms with E-state index < -0.39 is 10.2 Å². The molecule has 6 heteroatoms. The van der Waals surface area contributed by atoms with Crippen LogP contribution >= 0.6 is 0 Å². The summed E-state index contributed by atoms with van der Waals surface area (Å²) in [6.45, 7) is 5.34. The fourth-order valence-electron chi connectivity index (χ4n) is 2.80. The van der Waals surface area contributed by atoms with Gasteiger partial charge >= 0.3 is 0 Å². The summed E-state index contributed by atoms with van der Waals surface area (Å²) in [5, 5.41) is 0. The first-order valence-corrected chi connectivity index (χ1v) is 7.06. The lowest BCUT2D eigenvalue weighted by molar-refractivity contribution is -2.00. The SMILES string of the molecule is CC1CCC2CCCC[NH+]2C1.[O-][Cl+3]([O-])([O-])[O-]. The van der Waals surface area contributed by atoms with Crippen molar-refractivity contribution in [2.24, 2.45) is 5.92 Å². The number of rotatable bonds is 0. The zero-order valence-electron chi connectivity index (χ0n) is 9.62. The number of halogens is 1. The first kappa shape index (κ1) is 14.2. The van der Waals surface area contributed by atoms with E-state index >= 15 is 0 Å². The van der Waals surface area contributed by atoms with E-state index in [0.29, 0.717) is 0 Å². The molecule has 2 fully saturated rings. The van der Waals surface area contributed by atoms with Gasteiger partial charge in [0, 0.05) is 5.92 Å². The van der Waals surface area contributed by atoms with Crippen LogP contribution in [0.25, 0.3) is 0 Å². The Balaban J connectivity index is 0.000000221. The second-order valence-corrected chi connectivity index (χ2v) is 5.62. The Morgan fingerprint density at radius 1 is 1.00 bits per heavy atom. The van der Waals surface area contributed by atoms with Gasteiger partial charge in [-0.2, -0.15) is 0 Å². The first-order chi connectivity index (χ1) is 7.36. The highest BCUT2D eigenvalue weighted by molar-refractivity contribution is 4.68. The molecule has 0 radical (unpaired) electrons. The van der Waals surface area contributed by atoms with Crippen LogP contribution in [-0.4, -0.2) is 19.1 Å². The van der Waals surface area contributed by atoms with Crippen molar-refractivity contribution >= 4 is 0 Å². The number of hydrogen-bond donors (Lipinski definition) is 1. The molecular weight excluding hydrogens is 234 g/mol. The van der Waals surface area contributed by atoms with E-state index in [9.17, 15) is 0 Å². The third-order valence-electron chi connectivity index (χ3n) is 3.50. The summed E-state index contributed by atoms with van der Waals surface area (Å²) in [6, 6.07) is 1.06. The summed E-state index contributed by atoms with van der Waals surface area (Å²) in [5.41, 5.74) is 0. The Morgan fingerprint density at radius 2 is 1.62 bits per heavy atom. The lowest BCUT2D eigenvalue weighted by Gasteiger charge is -2.38. The lowest BCUT2D eigenvalue weighted by Crippen LogP contribution is -3.18. The molecule has 0 saturated carbocycles. The molecule has 0 bridgehead atoms. The molecular formula is C10H20ClNO4. The van der Waals surface area contributed by atoms with Crippen molar-refractivity contribution in [3.05, 3.63) is 0 Å². The molecule has 2 saturated heterocycles. The van der Waals surface area contributed by atoms with Gasteiger partial charge < -0.3 is 4.90 Å². The fourth-order valence-corrected chi connectivity index (χ4v) is 2.80. The van der Waals surface area contributed by atoms with Crippen LogP contribution in [0.4, 0.5) is 0 Å². The van der Waals surface area contributed by atoms with Crippen molar-refractivity contribution in [2.75, 3.05) is 13.1 Å². The van der Waals surface area contributed by atoms with E-state index in [4.69, 9.17) is 18.6 Å². The molecule has 5 nitrogen and oxygen atoms in total. The Hall–Kier alpha value is 0.0900. The van der Waals surface area contributed by atoms with Gasteiger partial charge in [-0.3, -0.25) is 0 Å². The lowest BCUT2D eigenvalue weighted by atomic mass is 9.88. The summed E-state index contributed by atoms with van der Waals surface area (Å²) in [7, 11) is -4.94. The van der Waals surface area contributed by atoms with Gasteiger partial charge in [0.25, 0.3) is 0 Å². The van der Waals surface area contributed by atoms with Crippen LogP contribution in [0, 0.1) is 16.2 Å². The Labute approximate surface area is 98.4 Å². The number of piperidine rings is 2. The molecule has 96 valence electrons. The quantitative estimate of drug-likeness (QED) is 0.477. The predicted molar refractivity (Wildman–Crippen MR) is 46.7 cm³/mol. The van der Waals surface area contributed by atoms with E-state index in [1.54, 1.807) is 0 Å². The van der Waals surface area contributed by atoms with Crippen molar-refractivity contribution < 1.29 is 33.8 Å². The standard InChI is InChI=1S/C10H19N.ClHO4/c1-9-5-6-10-4-2-3-7-11(10)8-9;2-1(3,4)5/h9-10H,2-8H2,1H3;(H,2,3,4,5). The molecule has 3 unspecified atom stereocenters. The molecule has 0 amide bonds. The van der Waals surface area contributed by atoms with E-state index in [1.165, 1.54) is 45.2 Å². The molecule has 2 aliphatic rings. The molecule has 1 N–H and O–H groups in total. The highest BCUT2D eigenvalue weighted by Gasteiger charge is 2.31. The van der Waals surface area contributed by atoms with Crippen molar-refractivity contribution in [3.8, 4) is 0 Å².